The SMILES string of the molecule is CCCCC(=O)Nc1ccc(Oc2ccc(-n3cnc(C)c3C)nn2)cc1. The van der Waals surface area contributed by atoms with Crippen LogP contribution in [0.2, 0.25) is 0 Å². The van der Waals surface area contributed by atoms with E-state index in [4.69, 9.17) is 4.74 Å². The molecule has 0 saturated heterocycles. The molecular formula is C20H23N5O2. The average molecular weight is 365 g/mol. The zero-order chi connectivity index (χ0) is 19.2. The predicted octanol–water partition coefficient (Wildman–Crippen LogP) is 4.20. The third kappa shape index (κ3) is 4.69. The molecule has 0 fully saturated rings. The third-order valence-electron chi connectivity index (χ3n) is 4.24. The highest BCUT2D eigenvalue weighted by molar-refractivity contribution is 5.90. The number of anilines is 1. The summed E-state index contributed by atoms with van der Waals surface area (Å²) in [4.78, 5) is 16.0. The van der Waals surface area contributed by atoms with Crippen LogP contribution in [0.4, 0.5) is 5.69 Å². The van der Waals surface area contributed by atoms with E-state index in [0.29, 0.717) is 23.9 Å². The van der Waals surface area contributed by atoms with E-state index in [-0.39, 0.29) is 5.91 Å². The Morgan fingerprint density at radius 1 is 1.11 bits per heavy atom. The van der Waals surface area contributed by atoms with Crippen molar-refractivity contribution in [3.8, 4) is 17.4 Å². The zero-order valence-electron chi connectivity index (χ0n) is 15.8. The van der Waals surface area contributed by atoms with Crippen LogP contribution >= 0.6 is 0 Å². The Bertz CT molecular complexity index is 901. The van der Waals surface area contributed by atoms with E-state index < -0.39 is 0 Å². The first-order chi connectivity index (χ1) is 13.1. The maximum atomic E-state index is 11.8. The fourth-order valence-corrected chi connectivity index (χ4v) is 2.51. The van der Waals surface area contributed by atoms with Gasteiger partial charge >= 0.3 is 0 Å². The fourth-order valence-electron chi connectivity index (χ4n) is 2.51. The lowest BCUT2D eigenvalue weighted by Gasteiger charge is -2.08. The summed E-state index contributed by atoms with van der Waals surface area (Å²) >= 11 is 0. The van der Waals surface area contributed by atoms with Gasteiger partial charge in [0, 0.05) is 23.9 Å². The Labute approximate surface area is 158 Å². The molecule has 7 heteroatoms. The summed E-state index contributed by atoms with van der Waals surface area (Å²) in [6.07, 6.45) is 4.15. The van der Waals surface area contributed by atoms with Crippen LogP contribution < -0.4 is 10.1 Å². The summed E-state index contributed by atoms with van der Waals surface area (Å²) < 4.78 is 7.60. The van der Waals surface area contributed by atoms with Gasteiger partial charge in [-0.25, -0.2) is 4.98 Å². The summed E-state index contributed by atoms with van der Waals surface area (Å²) in [5, 5.41) is 11.2. The average Bonchev–Trinajstić information content (AvgIpc) is 3.01. The van der Waals surface area contributed by atoms with Crippen LogP contribution in [0, 0.1) is 13.8 Å². The van der Waals surface area contributed by atoms with Gasteiger partial charge in [0.15, 0.2) is 5.82 Å². The topological polar surface area (TPSA) is 81.9 Å². The zero-order valence-corrected chi connectivity index (χ0v) is 15.8. The molecule has 1 N–H and O–H groups in total. The Hall–Kier alpha value is -3.22. The number of imidazole rings is 1. The van der Waals surface area contributed by atoms with Crippen molar-refractivity contribution in [2.24, 2.45) is 0 Å². The van der Waals surface area contributed by atoms with Crippen LogP contribution in [-0.2, 0) is 4.79 Å². The number of hydrogen-bond acceptors (Lipinski definition) is 5. The first-order valence-corrected chi connectivity index (χ1v) is 8.99. The minimum atomic E-state index is 0.0250. The molecule has 7 nitrogen and oxygen atoms in total. The number of amides is 1. The molecule has 2 aromatic heterocycles. The predicted molar refractivity (Wildman–Crippen MR) is 103 cm³/mol. The molecule has 0 aliphatic rings. The van der Waals surface area contributed by atoms with Crippen molar-refractivity contribution in [2.75, 3.05) is 5.32 Å². The van der Waals surface area contributed by atoms with Crippen LogP contribution in [0.3, 0.4) is 0 Å². The molecule has 3 rings (SSSR count). The van der Waals surface area contributed by atoms with E-state index in [1.54, 1.807) is 36.7 Å². The van der Waals surface area contributed by atoms with E-state index in [2.05, 4.69) is 27.4 Å². The number of unbranched alkanes of at least 4 members (excludes halogenated alkanes) is 1. The van der Waals surface area contributed by atoms with Crippen molar-refractivity contribution >= 4 is 11.6 Å². The van der Waals surface area contributed by atoms with Gasteiger partial charge in [0.05, 0.1) is 5.69 Å². The van der Waals surface area contributed by atoms with Crippen molar-refractivity contribution in [3.63, 3.8) is 0 Å². The van der Waals surface area contributed by atoms with Gasteiger partial charge in [-0.2, -0.15) is 0 Å². The van der Waals surface area contributed by atoms with E-state index in [1.165, 1.54) is 0 Å². The summed E-state index contributed by atoms with van der Waals surface area (Å²) in [6, 6.07) is 10.8. The number of carbonyl (C=O) groups is 1. The van der Waals surface area contributed by atoms with Crippen LogP contribution in [0.25, 0.3) is 5.82 Å². The van der Waals surface area contributed by atoms with Crippen LogP contribution in [0.5, 0.6) is 11.6 Å². The highest BCUT2D eigenvalue weighted by atomic mass is 16.5. The Balaban J connectivity index is 1.62. The van der Waals surface area contributed by atoms with E-state index in [1.807, 2.05) is 24.5 Å². The normalized spacial score (nSPS) is 10.6. The maximum absolute atomic E-state index is 11.8. The molecular weight excluding hydrogens is 342 g/mol. The number of benzene rings is 1. The summed E-state index contributed by atoms with van der Waals surface area (Å²) in [5.41, 5.74) is 2.73. The Morgan fingerprint density at radius 2 is 1.89 bits per heavy atom. The summed E-state index contributed by atoms with van der Waals surface area (Å²) in [7, 11) is 0. The van der Waals surface area contributed by atoms with Gasteiger partial charge in [-0.3, -0.25) is 9.36 Å². The second-order valence-corrected chi connectivity index (χ2v) is 6.29. The minimum Gasteiger partial charge on any atom is -0.438 e. The molecule has 0 spiro atoms. The molecule has 27 heavy (non-hydrogen) atoms. The second-order valence-electron chi connectivity index (χ2n) is 6.29. The molecule has 1 amide bonds. The molecule has 140 valence electrons. The van der Waals surface area contributed by atoms with Gasteiger partial charge in [-0.05, 0) is 50.6 Å². The molecule has 2 heterocycles. The quantitative estimate of drug-likeness (QED) is 0.678. The number of carbonyl (C=O) groups excluding carboxylic acids is 1. The van der Waals surface area contributed by atoms with Crippen molar-refractivity contribution in [1.82, 2.24) is 19.7 Å². The van der Waals surface area contributed by atoms with Crippen LogP contribution in [0.15, 0.2) is 42.7 Å². The summed E-state index contributed by atoms with van der Waals surface area (Å²) in [5.74, 6) is 1.73. The van der Waals surface area contributed by atoms with Gasteiger partial charge < -0.3 is 10.1 Å². The molecule has 0 aliphatic carbocycles. The highest BCUT2D eigenvalue weighted by Crippen LogP contribution is 2.22. The number of nitrogens with one attached hydrogen (secondary N) is 1. The van der Waals surface area contributed by atoms with Crippen molar-refractivity contribution in [3.05, 3.63) is 54.1 Å². The first-order valence-electron chi connectivity index (χ1n) is 8.99. The Kier molecular flexibility index (Phi) is 5.80. The monoisotopic (exact) mass is 365 g/mol. The Morgan fingerprint density at radius 3 is 2.48 bits per heavy atom. The van der Waals surface area contributed by atoms with Crippen molar-refractivity contribution in [2.45, 2.75) is 40.0 Å². The number of ether oxygens (including phenoxy) is 1. The number of nitrogens with zero attached hydrogens (tertiary/aromatic N) is 4. The van der Waals surface area contributed by atoms with Crippen molar-refractivity contribution in [1.29, 1.82) is 0 Å². The van der Waals surface area contributed by atoms with E-state index >= 15 is 0 Å². The second kappa shape index (κ2) is 8.44. The number of hydrogen-bond donors (Lipinski definition) is 1. The molecule has 0 radical (unpaired) electrons. The summed E-state index contributed by atoms with van der Waals surface area (Å²) in [6.45, 7) is 6.00. The number of rotatable bonds is 7. The van der Waals surface area contributed by atoms with Gasteiger partial charge in [0.1, 0.15) is 12.1 Å². The van der Waals surface area contributed by atoms with Gasteiger partial charge in [0.2, 0.25) is 11.8 Å². The molecule has 3 aromatic rings. The lowest BCUT2D eigenvalue weighted by molar-refractivity contribution is -0.116. The minimum absolute atomic E-state index is 0.0250. The number of aromatic nitrogens is 4. The largest absolute Gasteiger partial charge is 0.438 e. The third-order valence-corrected chi connectivity index (χ3v) is 4.24. The molecule has 0 bridgehead atoms. The standard InChI is InChI=1S/C20H23N5O2/c1-4-5-6-19(26)22-16-7-9-17(10-8-16)27-20-12-11-18(23-24-20)25-13-21-14(2)15(25)3/h7-13H,4-6H2,1-3H3,(H,22,26). The van der Waals surface area contributed by atoms with Gasteiger partial charge in [-0.15, -0.1) is 10.2 Å². The van der Waals surface area contributed by atoms with Crippen LogP contribution in [0.1, 0.15) is 37.6 Å². The molecule has 0 saturated carbocycles. The fraction of sp³-hybridized carbons (Fsp3) is 0.300. The van der Waals surface area contributed by atoms with Crippen molar-refractivity contribution < 1.29 is 9.53 Å². The molecule has 0 atom stereocenters. The van der Waals surface area contributed by atoms with E-state index in [9.17, 15) is 4.79 Å². The lowest BCUT2D eigenvalue weighted by Crippen LogP contribution is -2.10. The van der Waals surface area contributed by atoms with Gasteiger partial charge in [-0.1, -0.05) is 13.3 Å². The smallest absolute Gasteiger partial charge is 0.238 e. The van der Waals surface area contributed by atoms with E-state index in [0.717, 1.165) is 29.9 Å². The lowest BCUT2D eigenvalue weighted by atomic mass is 10.2. The van der Waals surface area contributed by atoms with Crippen LogP contribution in [-0.4, -0.2) is 25.7 Å². The van der Waals surface area contributed by atoms with Gasteiger partial charge in [0.25, 0.3) is 0 Å². The highest BCUT2D eigenvalue weighted by Gasteiger charge is 2.07. The molecule has 1 aromatic carbocycles. The first kappa shape index (κ1) is 18.6. The molecule has 0 unspecified atom stereocenters. The number of aryl methyl sites for hydroxylation is 1. The maximum Gasteiger partial charge on any atom is 0.238 e. The molecule has 0 aliphatic heterocycles.